The first-order valence-corrected chi connectivity index (χ1v) is 7.65. The monoisotopic (exact) mass is 327 g/mol. The fraction of sp³-hybridized carbons (Fsp3) is 0.643. The molecule has 0 bridgehead atoms. The van der Waals surface area contributed by atoms with Gasteiger partial charge in [0.05, 0.1) is 11.9 Å². The van der Waals surface area contributed by atoms with Crippen LogP contribution in [0.1, 0.15) is 27.2 Å². The number of halogens is 1. The summed E-state index contributed by atoms with van der Waals surface area (Å²) < 4.78 is 5.41. The number of rotatable bonds is 1. The Hall–Kier alpha value is -1.76. The van der Waals surface area contributed by atoms with E-state index in [1.807, 2.05) is 25.7 Å². The summed E-state index contributed by atoms with van der Waals surface area (Å²) in [7, 11) is 0. The minimum Gasteiger partial charge on any atom is -0.444 e. The molecule has 1 fully saturated rings. The van der Waals surface area contributed by atoms with E-state index >= 15 is 0 Å². The van der Waals surface area contributed by atoms with Gasteiger partial charge in [-0.3, -0.25) is 0 Å². The summed E-state index contributed by atoms with van der Waals surface area (Å²) in [5, 5.41) is 0.164. The number of hydrogen-bond donors (Lipinski definition) is 1. The minimum absolute atomic E-state index is 0.164. The summed E-state index contributed by atoms with van der Waals surface area (Å²) in [5.74, 6) is 0.617. The Morgan fingerprint density at radius 2 is 2.05 bits per heavy atom. The predicted molar refractivity (Wildman–Crippen MR) is 86.1 cm³/mol. The zero-order chi connectivity index (χ0) is 16.3. The van der Waals surface area contributed by atoms with Gasteiger partial charge in [-0.05, 0) is 38.8 Å². The van der Waals surface area contributed by atoms with Gasteiger partial charge in [-0.1, -0.05) is 0 Å². The number of anilines is 2. The lowest BCUT2D eigenvalue weighted by Crippen LogP contribution is -2.39. The second-order valence-electron chi connectivity index (χ2n) is 6.23. The number of nitrogen functional groups attached to an aromatic ring is 1. The second kappa shape index (κ2) is 6.56. The highest BCUT2D eigenvalue weighted by Gasteiger charge is 2.25. The topological polar surface area (TPSA) is 84.6 Å². The van der Waals surface area contributed by atoms with Crippen LogP contribution in [0.3, 0.4) is 0 Å². The van der Waals surface area contributed by atoms with Crippen molar-refractivity contribution in [3.63, 3.8) is 0 Å². The maximum absolute atomic E-state index is 12.1. The van der Waals surface area contributed by atoms with E-state index in [0.29, 0.717) is 31.1 Å². The number of amides is 1. The molecule has 1 saturated heterocycles. The second-order valence-corrected chi connectivity index (χ2v) is 6.56. The van der Waals surface area contributed by atoms with E-state index in [-0.39, 0.29) is 11.4 Å². The molecule has 2 N–H and O–H groups in total. The van der Waals surface area contributed by atoms with Crippen LogP contribution < -0.4 is 10.6 Å². The number of ether oxygens (including phenoxy) is 1. The predicted octanol–water partition coefficient (Wildman–Crippen LogP) is 2.16. The number of nitrogens with zero attached hydrogens (tertiary/aromatic N) is 4. The molecule has 1 aliphatic rings. The van der Waals surface area contributed by atoms with E-state index in [2.05, 4.69) is 9.97 Å². The largest absolute Gasteiger partial charge is 0.444 e. The van der Waals surface area contributed by atoms with Gasteiger partial charge in [0.2, 0.25) is 5.28 Å². The zero-order valence-electron chi connectivity index (χ0n) is 13.2. The number of carbonyl (C=O) groups is 1. The highest BCUT2D eigenvalue weighted by molar-refractivity contribution is 6.28. The van der Waals surface area contributed by atoms with Gasteiger partial charge < -0.3 is 20.3 Å². The van der Waals surface area contributed by atoms with Crippen molar-refractivity contribution in [3.8, 4) is 0 Å². The van der Waals surface area contributed by atoms with E-state index in [4.69, 9.17) is 22.1 Å². The highest BCUT2D eigenvalue weighted by atomic mass is 35.5. The normalized spacial score (nSPS) is 16.4. The Bertz CT molecular complexity index is 547. The standard InChI is InChI=1S/C14H22ClN5O2/c1-14(2,3)22-13(21)20-6-4-5-19(7-8-20)11-10(16)9-17-12(15)18-11/h9H,4-8,16H2,1-3H3. The van der Waals surface area contributed by atoms with Crippen molar-refractivity contribution in [2.45, 2.75) is 32.8 Å². The summed E-state index contributed by atoms with van der Waals surface area (Å²) in [6.07, 6.45) is 2.02. The van der Waals surface area contributed by atoms with Crippen molar-refractivity contribution >= 4 is 29.2 Å². The first kappa shape index (κ1) is 16.6. The van der Waals surface area contributed by atoms with E-state index in [9.17, 15) is 4.79 Å². The first-order chi connectivity index (χ1) is 10.3. The fourth-order valence-electron chi connectivity index (χ4n) is 2.25. The van der Waals surface area contributed by atoms with Crippen LogP contribution in [-0.4, -0.2) is 52.7 Å². The molecule has 0 spiro atoms. The summed E-state index contributed by atoms with van der Waals surface area (Å²) >= 11 is 5.84. The molecule has 0 atom stereocenters. The van der Waals surface area contributed by atoms with Crippen molar-refractivity contribution < 1.29 is 9.53 Å². The van der Waals surface area contributed by atoms with Gasteiger partial charge in [0.15, 0.2) is 5.82 Å². The molecule has 1 aliphatic heterocycles. The van der Waals surface area contributed by atoms with Crippen molar-refractivity contribution in [1.29, 1.82) is 0 Å². The third kappa shape index (κ3) is 4.37. The maximum Gasteiger partial charge on any atom is 0.410 e. The van der Waals surface area contributed by atoms with E-state index in [1.165, 1.54) is 6.20 Å². The van der Waals surface area contributed by atoms with Crippen LogP contribution in [0.5, 0.6) is 0 Å². The van der Waals surface area contributed by atoms with E-state index < -0.39 is 5.60 Å². The van der Waals surface area contributed by atoms with Crippen molar-refractivity contribution in [2.75, 3.05) is 36.8 Å². The maximum atomic E-state index is 12.1. The van der Waals surface area contributed by atoms with E-state index in [1.54, 1.807) is 4.90 Å². The van der Waals surface area contributed by atoms with Crippen molar-refractivity contribution in [2.24, 2.45) is 0 Å². The van der Waals surface area contributed by atoms with Gasteiger partial charge in [-0.2, -0.15) is 4.98 Å². The quantitative estimate of drug-likeness (QED) is 0.796. The van der Waals surface area contributed by atoms with Crippen LogP contribution in [0.2, 0.25) is 5.28 Å². The summed E-state index contributed by atoms with van der Waals surface area (Å²) in [4.78, 5) is 23.9. The molecule has 8 heteroatoms. The number of nitrogens with two attached hydrogens (primary N) is 1. The molecule has 0 aromatic carbocycles. The lowest BCUT2D eigenvalue weighted by Gasteiger charge is -2.26. The number of hydrogen-bond acceptors (Lipinski definition) is 6. The molecular formula is C14H22ClN5O2. The van der Waals surface area contributed by atoms with Gasteiger partial charge >= 0.3 is 6.09 Å². The Kier molecular flexibility index (Phi) is 4.95. The lowest BCUT2D eigenvalue weighted by atomic mass is 10.2. The molecule has 1 amide bonds. The Morgan fingerprint density at radius 3 is 2.73 bits per heavy atom. The molecule has 22 heavy (non-hydrogen) atoms. The Labute approximate surface area is 135 Å². The molecule has 122 valence electrons. The molecule has 0 unspecified atom stereocenters. The summed E-state index contributed by atoms with van der Waals surface area (Å²) in [5.41, 5.74) is 5.91. The molecule has 2 heterocycles. The highest BCUT2D eigenvalue weighted by Crippen LogP contribution is 2.22. The molecule has 2 rings (SSSR count). The van der Waals surface area contributed by atoms with Crippen molar-refractivity contribution in [1.82, 2.24) is 14.9 Å². The lowest BCUT2D eigenvalue weighted by molar-refractivity contribution is 0.0263. The van der Waals surface area contributed by atoms with Crippen LogP contribution in [0, 0.1) is 0 Å². The Balaban J connectivity index is 2.03. The Morgan fingerprint density at radius 1 is 1.32 bits per heavy atom. The van der Waals surface area contributed by atoms with Crippen molar-refractivity contribution in [3.05, 3.63) is 11.5 Å². The van der Waals surface area contributed by atoms with E-state index in [0.717, 1.165) is 13.0 Å². The molecule has 1 aromatic rings. The molecular weight excluding hydrogens is 306 g/mol. The fourth-order valence-corrected chi connectivity index (χ4v) is 2.38. The van der Waals surface area contributed by atoms with Crippen LogP contribution in [0.25, 0.3) is 0 Å². The van der Waals surface area contributed by atoms with Crippen LogP contribution in [0.15, 0.2) is 6.20 Å². The molecule has 7 nitrogen and oxygen atoms in total. The third-order valence-corrected chi connectivity index (χ3v) is 3.40. The van der Waals surface area contributed by atoms with Gasteiger partial charge in [0.1, 0.15) is 5.60 Å². The van der Waals surface area contributed by atoms with Gasteiger partial charge in [-0.25, -0.2) is 9.78 Å². The number of aromatic nitrogens is 2. The molecule has 0 aliphatic carbocycles. The molecule has 0 saturated carbocycles. The summed E-state index contributed by atoms with van der Waals surface area (Å²) in [6, 6.07) is 0. The average Bonchev–Trinajstić information content (AvgIpc) is 2.65. The van der Waals surface area contributed by atoms with Gasteiger partial charge in [0, 0.05) is 26.2 Å². The molecule has 1 aromatic heterocycles. The van der Waals surface area contributed by atoms with Crippen LogP contribution in [-0.2, 0) is 4.74 Å². The van der Waals surface area contributed by atoms with Gasteiger partial charge in [0.25, 0.3) is 0 Å². The average molecular weight is 328 g/mol. The van der Waals surface area contributed by atoms with Crippen LogP contribution >= 0.6 is 11.6 Å². The molecule has 0 radical (unpaired) electrons. The first-order valence-electron chi connectivity index (χ1n) is 7.27. The van der Waals surface area contributed by atoms with Crippen LogP contribution in [0.4, 0.5) is 16.3 Å². The number of carbonyl (C=O) groups excluding carboxylic acids is 1. The van der Waals surface area contributed by atoms with Gasteiger partial charge in [-0.15, -0.1) is 0 Å². The summed E-state index contributed by atoms with van der Waals surface area (Å²) in [6.45, 7) is 8.14. The minimum atomic E-state index is -0.492. The third-order valence-electron chi connectivity index (χ3n) is 3.21. The smallest absolute Gasteiger partial charge is 0.410 e. The zero-order valence-corrected chi connectivity index (χ0v) is 13.9. The SMILES string of the molecule is CC(C)(C)OC(=O)N1CCCN(c2nc(Cl)ncc2N)CC1.